The predicted molar refractivity (Wildman–Crippen MR) is 69.3 cm³/mol. The van der Waals surface area contributed by atoms with Crippen molar-refractivity contribution in [1.29, 1.82) is 0 Å². The number of aliphatic hydroxyl groups excluding tert-OH is 1. The quantitative estimate of drug-likeness (QED) is 0.672. The molecule has 18 heavy (non-hydrogen) atoms. The molecule has 7 heteroatoms. The summed E-state index contributed by atoms with van der Waals surface area (Å²) in [5.74, 6) is 0. The lowest BCUT2D eigenvalue weighted by Gasteiger charge is -2.18. The summed E-state index contributed by atoms with van der Waals surface area (Å²) in [6, 6.07) is 1.47. The van der Waals surface area contributed by atoms with E-state index in [-0.39, 0.29) is 10.6 Å². The van der Waals surface area contributed by atoms with Crippen LogP contribution >= 0.6 is 11.3 Å². The molecule has 2 heterocycles. The van der Waals surface area contributed by atoms with Gasteiger partial charge in [0.25, 0.3) is 0 Å². The molecule has 1 aliphatic rings. The Morgan fingerprint density at radius 1 is 1.56 bits per heavy atom. The molecule has 1 aromatic rings. The van der Waals surface area contributed by atoms with Gasteiger partial charge < -0.3 is 14.7 Å². The Hall–Kier alpha value is -1.18. The maximum Gasteiger partial charge on any atom is 0.304 e. The molecule has 6 nitrogen and oxygen atoms in total. The predicted octanol–water partition coefficient (Wildman–Crippen LogP) is 1.94. The van der Waals surface area contributed by atoms with Gasteiger partial charge in [-0.1, -0.05) is 0 Å². The van der Waals surface area contributed by atoms with Crippen LogP contribution in [0.1, 0.15) is 24.3 Å². The maximum atomic E-state index is 11.1. The maximum absolute atomic E-state index is 11.1. The molecule has 1 saturated heterocycles. The Balaban J connectivity index is 2.31. The number of aliphatic hydroxyl groups is 1. The minimum absolute atomic E-state index is 0.0813. The van der Waals surface area contributed by atoms with Crippen molar-refractivity contribution in [3.63, 3.8) is 0 Å². The molecule has 0 radical (unpaired) electrons. The molecule has 1 N–H and O–H groups in total. The Morgan fingerprint density at radius 2 is 2.33 bits per heavy atom. The minimum atomic E-state index is -0.675. The molecule has 0 bridgehead atoms. The first-order chi connectivity index (χ1) is 8.59. The fraction of sp³-hybridized carbons (Fsp3) is 0.636. The lowest BCUT2D eigenvalue weighted by Crippen LogP contribution is -2.25. The van der Waals surface area contributed by atoms with Crippen molar-refractivity contribution in [3.8, 4) is 0 Å². The van der Waals surface area contributed by atoms with Crippen LogP contribution in [0.5, 0.6) is 0 Å². The van der Waals surface area contributed by atoms with E-state index in [0.29, 0.717) is 29.6 Å². The van der Waals surface area contributed by atoms with Crippen LogP contribution in [0.2, 0.25) is 0 Å². The van der Waals surface area contributed by atoms with E-state index in [1.807, 2.05) is 4.90 Å². The van der Waals surface area contributed by atoms with Crippen LogP contribution in [0.3, 0.4) is 0 Å². The second-order valence-electron chi connectivity index (χ2n) is 4.23. The van der Waals surface area contributed by atoms with Gasteiger partial charge in [0.05, 0.1) is 17.6 Å². The van der Waals surface area contributed by atoms with E-state index in [0.717, 1.165) is 13.0 Å². The van der Waals surface area contributed by atoms with E-state index in [4.69, 9.17) is 4.74 Å². The molecule has 1 aromatic heterocycles. The lowest BCUT2D eigenvalue weighted by molar-refractivity contribution is -0.383. The third-order valence-corrected chi connectivity index (χ3v) is 4.19. The summed E-state index contributed by atoms with van der Waals surface area (Å²) in [4.78, 5) is 13.3. The number of nitrogens with zero attached hydrogens (tertiary/aromatic N) is 2. The Bertz CT molecular complexity index is 425. The van der Waals surface area contributed by atoms with Crippen molar-refractivity contribution in [2.24, 2.45) is 0 Å². The standard InChI is InChI=1S/C11H16N2O4S/c1-8(14)10-7-9(13(15)16)11(18-10)12-3-2-5-17-6-4-12/h7-8,14H,2-6H2,1H3. The monoisotopic (exact) mass is 272 g/mol. The minimum Gasteiger partial charge on any atom is -0.388 e. The van der Waals surface area contributed by atoms with Crippen LogP contribution in [0.25, 0.3) is 0 Å². The number of thiophene rings is 1. The zero-order valence-corrected chi connectivity index (χ0v) is 11.0. The van der Waals surface area contributed by atoms with Crippen molar-refractivity contribution in [2.75, 3.05) is 31.2 Å². The summed E-state index contributed by atoms with van der Waals surface area (Å²) in [7, 11) is 0. The number of hydrogen-bond acceptors (Lipinski definition) is 6. The summed E-state index contributed by atoms with van der Waals surface area (Å²) in [6.07, 6.45) is 0.185. The van der Waals surface area contributed by atoms with Crippen LogP contribution in [0.15, 0.2) is 6.07 Å². The lowest BCUT2D eigenvalue weighted by atomic mass is 10.3. The molecule has 1 fully saturated rings. The Labute approximate surface area is 109 Å². The molecule has 100 valence electrons. The number of nitro groups is 1. The van der Waals surface area contributed by atoms with Gasteiger partial charge in [0.15, 0.2) is 5.00 Å². The average molecular weight is 272 g/mol. The van der Waals surface area contributed by atoms with Crippen LogP contribution in [-0.2, 0) is 4.74 Å². The van der Waals surface area contributed by atoms with E-state index in [2.05, 4.69) is 0 Å². The van der Waals surface area contributed by atoms with E-state index < -0.39 is 6.10 Å². The Kier molecular flexibility index (Phi) is 4.15. The van der Waals surface area contributed by atoms with Gasteiger partial charge in [-0.05, 0) is 13.3 Å². The summed E-state index contributed by atoms with van der Waals surface area (Å²) < 4.78 is 5.34. The number of hydrogen-bond donors (Lipinski definition) is 1. The molecule has 0 amide bonds. The number of rotatable bonds is 3. The second kappa shape index (κ2) is 5.64. The van der Waals surface area contributed by atoms with Crippen LogP contribution in [-0.4, -0.2) is 36.3 Å². The molecule has 0 aromatic carbocycles. The van der Waals surface area contributed by atoms with Gasteiger partial charge in [-0.2, -0.15) is 0 Å². The van der Waals surface area contributed by atoms with E-state index >= 15 is 0 Å². The summed E-state index contributed by atoms with van der Waals surface area (Å²) in [5, 5.41) is 21.2. The largest absolute Gasteiger partial charge is 0.388 e. The highest BCUT2D eigenvalue weighted by Gasteiger charge is 2.25. The van der Waals surface area contributed by atoms with E-state index in [9.17, 15) is 15.2 Å². The van der Waals surface area contributed by atoms with E-state index in [1.165, 1.54) is 17.4 Å². The molecule has 0 spiro atoms. The van der Waals surface area contributed by atoms with Gasteiger partial charge >= 0.3 is 5.69 Å². The van der Waals surface area contributed by atoms with Gasteiger partial charge in [0.2, 0.25) is 0 Å². The summed E-state index contributed by atoms with van der Waals surface area (Å²) in [5.41, 5.74) is 0.0813. The second-order valence-corrected chi connectivity index (χ2v) is 5.29. The molecule has 0 aliphatic carbocycles. The number of ether oxygens (including phenoxy) is 1. The molecule has 1 unspecified atom stereocenters. The fourth-order valence-electron chi connectivity index (χ4n) is 1.90. The van der Waals surface area contributed by atoms with Gasteiger partial charge in [-0.25, -0.2) is 0 Å². The highest BCUT2D eigenvalue weighted by atomic mass is 32.1. The molecule has 1 atom stereocenters. The van der Waals surface area contributed by atoms with Gasteiger partial charge in [0, 0.05) is 30.6 Å². The molecular weight excluding hydrogens is 256 g/mol. The van der Waals surface area contributed by atoms with Gasteiger partial charge in [-0.3, -0.25) is 10.1 Å². The number of anilines is 1. The summed E-state index contributed by atoms with van der Waals surface area (Å²) in [6.45, 7) is 4.30. The third-order valence-electron chi connectivity index (χ3n) is 2.83. The van der Waals surface area contributed by atoms with Crippen LogP contribution in [0.4, 0.5) is 10.7 Å². The van der Waals surface area contributed by atoms with Crippen molar-refractivity contribution < 1.29 is 14.8 Å². The normalized spacial score (nSPS) is 18.4. The van der Waals surface area contributed by atoms with Crippen LogP contribution < -0.4 is 4.90 Å². The van der Waals surface area contributed by atoms with Crippen molar-refractivity contribution in [1.82, 2.24) is 0 Å². The van der Waals surface area contributed by atoms with Crippen LogP contribution in [0, 0.1) is 10.1 Å². The topological polar surface area (TPSA) is 75.8 Å². The molecule has 1 aliphatic heterocycles. The van der Waals surface area contributed by atoms with Gasteiger partial charge in [-0.15, -0.1) is 11.3 Å². The van der Waals surface area contributed by atoms with Gasteiger partial charge in [0.1, 0.15) is 0 Å². The first-order valence-corrected chi connectivity index (χ1v) is 6.70. The Morgan fingerprint density at radius 3 is 3.00 bits per heavy atom. The van der Waals surface area contributed by atoms with Crippen molar-refractivity contribution >= 4 is 22.0 Å². The first kappa shape index (κ1) is 13.3. The average Bonchev–Trinajstić information content (AvgIpc) is 2.59. The summed E-state index contributed by atoms with van der Waals surface area (Å²) >= 11 is 1.29. The highest BCUT2D eigenvalue weighted by molar-refractivity contribution is 7.16. The van der Waals surface area contributed by atoms with Crippen molar-refractivity contribution in [2.45, 2.75) is 19.4 Å². The molecule has 2 rings (SSSR count). The molecular formula is C11H16N2O4S. The smallest absolute Gasteiger partial charge is 0.304 e. The van der Waals surface area contributed by atoms with Crippen molar-refractivity contribution in [3.05, 3.63) is 21.1 Å². The zero-order valence-electron chi connectivity index (χ0n) is 10.2. The zero-order chi connectivity index (χ0) is 13.1. The first-order valence-electron chi connectivity index (χ1n) is 5.88. The highest BCUT2D eigenvalue weighted by Crippen LogP contribution is 2.40. The van der Waals surface area contributed by atoms with E-state index in [1.54, 1.807) is 6.92 Å². The SMILES string of the molecule is CC(O)c1cc([N+](=O)[O-])c(N2CCCOCC2)s1. The third kappa shape index (κ3) is 2.80. The fourth-order valence-corrected chi connectivity index (χ4v) is 3.02. The molecule has 0 saturated carbocycles.